The largest absolute Gasteiger partial charge is 0.480 e. The number of benzene rings is 1. The number of aliphatic carboxylic acids is 1. The van der Waals surface area contributed by atoms with E-state index in [9.17, 15) is 26.4 Å². The average molecular weight is 325 g/mol. The number of carbonyl (C=O) groups is 1. The van der Waals surface area contributed by atoms with E-state index in [1.54, 1.807) is 0 Å². The molecule has 0 amide bonds. The van der Waals surface area contributed by atoms with Crippen molar-refractivity contribution in [2.24, 2.45) is 0 Å². The summed E-state index contributed by atoms with van der Waals surface area (Å²) in [6, 6.07) is 3.15. The van der Waals surface area contributed by atoms with Crippen molar-refractivity contribution < 1.29 is 31.5 Å². The Labute approximate surface area is 120 Å². The van der Waals surface area contributed by atoms with Crippen LogP contribution in [0.1, 0.15) is 19.4 Å². The van der Waals surface area contributed by atoms with Crippen LogP contribution in [0, 0.1) is 0 Å². The lowest BCUT2D eigenvalue weighted by Gasteiger charge is -2.30. The van der Waals surface area contributed by atoms with Gasteiger partial charge in [0.2, 0.25) is 10.0 Å². The molecule has 0 spiro atoms. The quantitative estimate of drug-likeness (QED) is 0.921. The third kappa shape index (κ3) is 3.35. The number of hydrogen-bond acceptors (Lipinski definition) is 3. The van der Waals surface area contributed by atoms with E-state index in [1.807, 2.05) is 0 Å². The summed E-state index contributed by atoms with van der Waals surface area (Å²) in [5.74, 6) is -1.42. The zero-order valence-electron chi connectivity index (χ0n) is 11.5. The highest BCUT2D eigenvalue weighted by Crippen LogP contribution is 2.32. The van der Waals surface area contributed by atoms with Gasteiger partial charge in [0.1, 0.15) is 5.54 Å². The molecule has 0 aliphatic carbocycles. The molecule has 21 heavy (non-hydrogen) atoms. The lowest BCUT2D eigenvalue weighted by molar-refractivity contribution is -0.146. The van der Waals surface area contributed by atoms with Gasteiger partial charge in [0, 0.05) is 7.05 Å². The van der Waals surface area contributed by atoms with Crippen molar-refractivity contribution in [3.63, 3.8) is 0 Å². The first kappa shape index (κ1) is 17.4. The molecule has 0 aliphatic rings. The molecular formula is C12H14F3NO4S. The molecule has 0 aromatic heterocycles. The Bertz CT molecular complexity index is 653. The molecule has 9 heteroatoms. The monoisotopic (exact) mass is 325 g/mol. The van der Waals surface area contributed by atoms with Crippen LogP contribution in [-0.4, -0.2) is 36.4 Å². The Morgan fingerprint density at radius 3 is 2.19 bits per heavy atom. The van der Waals surface area contributed by atoms with Gasteiger partial charge in [-0.15, -0.1) is 0 Å². The summed E-state index contributed by atoms with van der Waals surface area (Å²) in [7, 11) is -3.37. The van der Waals surface area contributed by atoms with Gasteiger partial charge in [-0.3, -0.25) is 4.79 Å². The van der Waals surface area contributed by atoms with Crippen molar-refractivity contribution in [1.29, 1.82) is 0 Å². The Morgan fingerprint density at radius 2 is 1.76 bits per heavy atom. The fourth-order valence-corrected chi connectivity index (χ4v) is 2.95. The highest BCUT2D eigenvalue weighted by Gasteiger charge is 2.41. The first-order chi connectivity index (χ1) is 9.31. The molecular weight excluding hydrogens is 311 g/mol. The molecule has 118 valence electrons. The molecule has 5 nitrogen and oxygen atoms in total. The standard InChI is InChI=1S/C12H14F3NO4S/c1-11(2,10(17)18)16(3)21(19,20)9-6-4-5-8(7-9)12(13,14)15/h4-7H,1-3H3,(H,17,18). The molecule has 0 saturated carbocycles. The summed E-state index contributed by atoms with van der Waals surface area (Å²) in [5.41, 5.74) is -2.92. The highest BCUT2D eigenvalue weighted by molar-refractivity contribution is 7.89. The number of carboxylic acids is 1. The molecule has 0 fully saturated rings. The van der Waals surface area contributed by atoms with Crippen LogP contribution in [0.15, 0.2) is 29.2 Å². The summed E-state index contributed by atoms with van der Waals surface area (Å²) < 4.78 is 62.9. The molecule has 0 aliphatic heterocycles. The minimum atomic E-state index is -4.69. The lowest BCUT2D eigenvalue weighted by Crippen LogP contribution is -2.50. The van der Waals surface area contributed by atoms with Gasteiger partial charge in [-0.25, -0.2) is 8.42 Å². The van der Waals surface area contributed by atoms with Crippen LogP contribution in [0.4, 0.5) is 13.2 Å². The van der Waals surface area contributed by atoms with Gasteiger partial charge in [0.05, 0.1) is 10.5 Å². The molecule has 1 aromatic rings. The lowest BCUT2D eigenvalue weighted by atomic mass is 10.1. The van der Waals surface area contributed by atoms with Crippen LogP contribution in [-0.2, 0) is 21.0 Å². The fourth-order valence-electron chi connectivity index (χ4n) is 1.43. The van der Waals surface area contributed by atoms with Crippen LogP contribution in [0.3, 0.4) is 0 Å². The predicted molar refractivity (Wildman–Crippen MR) is 68.1 cm³/mol. The van der Waals surface area contributed by atoms with E-state index < -0.39 is 38.2 Å². The maximum atomic E-state index is 12.6. The van der Waals surface area contributed by atoms with Crippen LogP contribution in [0.25, 0.3) is 0 Å². The molecule has 0 bridgehead atoms. The number of carboxylic acid groups (broad SMARTS) is 1. The van der Waals surface area contributed by atoms with E-state index in [2.05, 4.69) is 0 Å². The minimum absolute atomic E-state index is 0.476. The Morgan fingerprint density at radius 1 is 1.24 bits per heavy atom. The van der Waals surface area contributed by atoms with E-state index in [4.69, 9.17) is 5.11 Å². The summed E-state index contributed by atoms with van der Waals surface area (Å²) >= 11 is 0. The van der Waals surface area contributed by atoms with Gasteiger partial charge >= 0.3 is 12.1 Å². The van der Waals surface area contributed by atoms with E-state index in [-0.39, 0.29) is 0 Å². The number of hydrogen-bond donors (Lipinski definition) is 1. The summed E-state index contributed by atoms with van der Waals surface area (Å²) in [5, 5.41) is 9.02. The van der Waals surface area contributed by atoms with Gasteiger partial charge in [0.15, 0.2) is 0 Å². The summed E-state index contributed by atoms with van der Waals surface area (Å²) in [6.07, 6.45) is -4.69. The van der Waals surface area contributed by atoms with Gasteiger partial charge in [-0.1, -0.05) is 6.07 Å². The molecule has 1 N–H and O–H groups in total. The van der Waals surface area contributed by atoms with E-state index in [0.717, 1.165) is 39.1 Å². The van der Waals surface area contributed by atoms with Crippen molar-refractivity contribution in [3.8, 4) is 0 Å². The minimum Gasteiger partial charge on any atom is -0.480 e. The van der Waals surface area contributed by atoms with Crippen molar-refractivity contribution >= 4 is 16.0 Å². The van der Waals surface area contributed by atoms with E-state index >= 15 is 0 Å². The van der Waals surface area contributed by atoms with Gasteiger partial charge in [0.25, 0.3) is 0 Å². The normalized spacial score (nSPS) is 13.5. The van der Waals surface area contributed by atoms with Crippen LogP contribution < -0.4 is 0 Å². The second-order valence-corrected chi connectivity index (χ2v) is 6.83. The first-order valence-corrected chi connectivity index (χ1v) is 7.15. The maximum Gasteiger partial charge on any atom is 0.416 e. The van der Waals surface area contributed by atoms with Gasteiger partial charge in [-0.2, -0.15) is 17.5 Å². The number of alkyl halides is 3. The molecule has 0 unspecified atom stereocenters. The SMILES string of the molecule is CN(C(C)(C)C(=O)O)S(=O)(=O)c1cccc(C(F)(F)F)c1. The smallest absolute Gasteiger partial charge is 0.416 e. The topological polar surface area (TPSA) is 74.7 Å². The zero-order chi connectivity index (χ0) is 16.6. The Hall–Kier alpha value is -1.61. The average Bonchev–Trinajstić information content (AvgIpc) is 2.36. The number of rotatable bonds is 4. The summed E-state index contributed by atoms with van der Waals surface area (Å²) in [6.45, 7) is 2.28. The van der Waals surface area contributed by atoms with Crippen molar-refractivity contribution in [2.75, 3.05) is 7.05 Å². The maximum absolute atomic E-state index is 12.6. The first-order valence-electron chi connectivity index (χ1n) is 5.71. The molecule has 0 atom stereocenters. The molecule has 0 radical (unpaired) electrons. The van der Waals surface area contributed by atoms with Crippen molar-refractivity contribution in [2.45, 2.75) is 30.5 Å². The Kier molecular flexibility index (Phi) is 4.40. The number of likely N-dealkylation sites (N-methyl/N-ethyl adjacent to an activating group) is 1. The molecule has 0 heterocycles. The van der Waals surface area contributed by atoms with Crippen molar-refractivity contribution in [3.05, 3.63) is 29.8 Å². The number of halogens is 3. The Balaban J connectivity index is 3.36. The van der Waals surface area contributed by atoms with Crippen LogP contribution in [0.5, 0.6) is 0 Å². The molecule has 0 saturated heterocycles. The van der Waals surface area contributed by atoms with Crippen LogP contribution >= 0.6 is 0 Å². The van der Waals surface area contributed by atoms with Crippen molar-refractivity contribution in [1.82, 2.24) is 4.31 Å². The summed E-state index contributed by atoms with van der Waals surface area (Å²) in [4.78, 5) is 10.5. The van der Waals surface area contributed by atoms with E-state index in [1.165, 1.54) is 0 Å². The fraction of sp³-hybridized carbons (Fsp3) is 0.417. The number of sulfonamides is 1. The second-order valence-electron chi connectivity index (χ2n) is 4.86. The third-order valence-corrected chi connectivity index (χ3v) is 5.16. The zero-order valence-corrected chi connectivity index (χ0v) is 12.3. The third-order valence-electron chi connectivity index (χ3n) is 3.13. The molecule has 1 aromatic carbocycles. The molecule has 1 rings (SSSR count). The second kappa shape index (κ2) is 5.30. The predicted octanol–water partition coefficient (Wildman–Crippen LogP) is 2.19. The van der Waals surface area contributed by atoms with E-state index in [0.29, 0.717) is 10.4 Å². The van der Waals surface area contributed by atoms with Crippen LogP contribution in [0.2, 0.25) is 0 Å². The number of nitrogens with zero attached hydrogens (tertiary/aromatic N) is 1. The van der Waals surface area contributed by atoms with Gasteiger partial charge < -0.3 is 5.11 Å². The highest BCUT2D eigenvalue weighted by atomic mass is 32.2. The van der Waals surface area contributed by atoms with Gasteiger partial charge in [-0.05, 0) is 32.0 Å².